The second kappa shape index (κ2) is 7.53. The Morgan fingerprint density at radius 3 is 2.85 bits per heavy atom. The summed E-state index contributed by atoms with van der Waals surface area (Å²) in [6.07, 6.45) is 0.972. The van der Waals surface area contributed by atoms with E-state index in [0.717, 1.165) is 31.8 Å². The Hall–Kier alpha value is -1.23. The van der Waals surface area contributed by atoms with Gasteiger partial charge in [-0.05, 0) is 19.4 Å². The third kappa shape index (κ3) is 4.13. The molecule has 20 heavy (non-hydrogen) atoms. The number of nitrogens with zero attached hydrogens (tertiary/aromatic N) is 1. The van der Waals surface area contributed by atoms with Gasteiger partial charge in [-0.15, -0.1) is 11.3 Å². The molecule has 0 atom stereocenters. The van der Waals surface area contributed by atoms with Crippen molar-refractivity contribution in [3.8, 4) is 11.3 Å². The van der Waals surface area contributed by atoms with Crippen molar-refractivity contribution in [3.63, 3.8) is 0 Å². The predicted molar refractivity (Wildman–Crippen MR) is 85.5 cm³/mol. The number of methoxy groups -OCH3 is 1. The normalized spacial score (nSPS) is 10.9. The smallest absolute Gasteiger partial charge is 0.0945 e. The lowest BCUT2D eigenvalue weighted by Crippen LogP contribution is -2.21. The van der Waals surface area contributed by atoms with Gasteiger partial charge in [-0.3, -0.25) is 0 Å². The van der Waals surface area contributed by atoms with Gasteiger partial charge in [0.2, 0.25) is 0 Å². The van der Waals surface area contributed by atoms with Gasteiger partial charge in [0.05, 0.1) is 17.3 Å². The van der Waals surface area contributed by atoms with Crippen molar-refractivity contribution in [2.45, 2.75) is 20.3 Å². The minimum atomic E-state index is 0.756. The molecule has 4 heteroatoms. The molecule has 0 saturated carbocycles. The van der Waals surface area contributed by atoms with Crippen LogP contribution >= 0.6 is 11.3 Å². The molecule has 1 aromatic heterocycles. The second-order valence-electron chi connectivity index (χ2n) is 4.94. The predicted octanol–water partition coefficient (Wildman–Crippen LogP) is 3.21. The van der Waals surface area contributed by atoms with Crippen LogP contribution in [0.5, 0.6) is 0 Å². The van der Waals surface area contributed by atoms with E-state index in [1.54, 1.807) is 18.4 Å². The lowest BCUT2D eigenvalue weighted by Gasteiger charge is -2.04. The van der Waals surface area contributed by atoms with Gasteiger partial charge >= 0.3 is 0 Å². The topological polar surface area (TPSA) is 34.1 Å². The Kier molecular flexibility index (Phi) is 5.71. The lowest BCUT2D eigenvalue weighted by atomic mass is 10.0. The molecule has 0 saturated heterocycles. The highest BCUT2D eigenvalue weighted by Crippen LogP contribution is 2.25. The third-order valence-electron chi connectivity index (χ3n) is 3.21. The van der Waals surface area contributed by atoms with Gasteiger partial charge in [0.25, 0.3) is 0 Å². The van der Waals surface area contributed by atoms with Gasteiger partial charge in [0.1, 0.15) is 0 Å². The summed E-state index contributed by atoms with van der Waals surface area (Å²) in [5.41, 5.74) is 4.92. The first-order chi connectivity index (χ1) is 9.70. The largest absolute Gasteiger partial charge is 0.383 e. The van der Waals surface area contributed by atoms with Crippen molar-refractivity contribution in [1.82, 2.24) is 10.3 Å². The molecule has 0 bridgehead atoms. The molecule has 0 aliphatic carbocycles. The number of ether oxygens (including phenoxy) is 1. The number of thiazole rings is 1. The Balaban J connectivity index is 1.95. The Morgan fingerprint density at radius 1 is 1.25 bits per heavy atom. The molecule has 0 fully saturated rings. The molecule has 0 radical (unpaired) electrons. The molecule has 2 aromatic rings. The van der Waals surface area contributed by atoms with Crippen molar-refractivity contribution >= 4 is 11.3 Å². The summed E-state index contributed by atoms with van der Waals surface area (Å²) in [5.74, 6) is 0. The van der Waals surface area contributed by atoms with Crippen LogP contribution in [0.1, 0.15) is 16.1 Å². The minimum Gasteiger partial charge on any atom is -0.383 e. The summed E-state index contributed by atoms with van der Waals surface area (Å²) in [6, 6.07) is 6.52. The Bertz CT molecular complexity index is 551. The fraction of sp³-hybridized carbons (Fsp3) is 0.438. The number of hydrogen-bond donors (Lipinski definition) is 1. The summed E-state index contributed by atoms with van der Waals surface area (Å²) in [6.45, 7) is 6.86. The zero-order valence-corrected chi connectivity index (χ0v) is 13.2. The monoisotopic (exact) mass is 290 g/mol. The number of aromatic nitrogens is 1. The molecule has 0 aliphatic rings. The van der Waals surface area contributed by atoms with Gasteiger partial charge in [0, 0.05) is 37.6 Å². The molecular weight excluding hydrogens is 268 g/mol. The number of nitrogens with one attached hydrogen (secondary N) is 1. The second-order valence-corrected chi connectivity index (χ2v) is 5.88. The van der Waals surface area contributed by atoms with E-state index in [2.05, 4.69) is 42.7 Å². The summed E-state index contributed by atoms with van der Waals surface area (Å²) < 4.78 is 5.00. The first kappa shape index (κ1) is 15.2. The van der Waals surface area contributed by atoms with Crippen LogP contribution < -0.4 is 5.32 Å². The van der Waals surface area contributed by atoms with Crippen LogP contribution in [0, 0.1) is 13.8 Å². The van der Waals surface area contributed by atoms with E-state index in [9.17, 15) is 0 Å². The molecule has 0 spiro atoms. The highest BCUT2D eigenvalue weighted by Gasteiger charge is 2.07. The van der Waals surface area contributed by atoms with Crippen molar-refractivity contribution < 1.29 is 4.74 Å². The highest BCUT2D eigenvalue weighted by atomic mass is 32.1. The molecule has 0 amide bonds. The third-order valence-corrected chi connectivity index (χ3v) is 4.12. The van der Waals surface area contributed by atoms with Gasteiger partial charge in [0.15, 0.2) is 0 Å². The molecule has 0 aliphatic heterocycles. The van der Waals surface area contributed by atoms with Crippen molar-refractivity contribution in [3.05, 3.63) is 39.7 Å². The van der Waals surface area contributed by atoms with Crippen LogP contribution in [0.2, 0.25) is 0 Å². The number of benzene rings is 1. The molecule has 0 unspecified atom stereocenters. The van der Waals surface area contributed by atoms with Crippen molar-refractivity contribution in [1.29, 1.82) is 0 Å². The molecule has 1 heterocycles. The van der Waals surface area contributed by atoms with Gasteiger partial charge < -0.3 is 10.1 Å². The number of aryl methyl sites for hydroxylation is 2. The van der Waals surface area contributed by atoms with E-state index in [4.69, 9.17) is 9.72 Å². The van der Waals surface area contributed by atoms with E-state index >= 15 is 0 Å². The minimum absolute atomic E-state index is 0.756. The summed E-state index contributed by atoms with van der Waals surface area (Å²) in [7, 11) is 1.72. The van der Waals surface area contributed by atoms with Crippen molar-refractivity contribution in [2.24, 2.45) is 0 Å². The molecule has 2 rings (SSSR count). The van der Waals surface area contributed by atoms with Crippen LogP contribution in [0.25, 0.3) is 11.3 Å². The molecular formula is C16H22N2OS. The van der Waals surface area contributed by atoms with Crippen LogP contribution in [-0.4, -0.2) is 31.8 Å². The first-order valence-corrected chi connectivity index (χ1v) is 7.80. The van der Waals surface area contributed by atoms with Gasteiger partial charge in [-0.1, -0.05) is 23.8 Å². The average Bonchev–Trinajstić information content (AvgIpc) is 2.87. The fourth-order valence-electron chi connectivity index (χ4n) is 2.14. The van der Waals surface area contributed by atoms with Crippen LogP contribution in [0.3, 0.4) is 0 Å². The van der Waals surface area contributed by atoms with Crippen LogP contribution in [0.15, 0.2) is 23.6 Å². The van der Waals surface area contributed by atoms with Gasteiger partial charge in [-0.2, -0.15) is 0 Å². The summed E-state index contributed by atoms with van der Waals surface area (Å²) >= 11 is 1.74. The SMILES string of the molecule is COCCNCCc1nc(-c2ccc(C)cc2C)cs1. The summed E-state index contributed by atoms with van der Waals surface area (Å²) in [5, 5.41) is 6.68. The van der Waals surface area contributed by atoms with E-state index in [-0.39, 0.29) is 0 Å². The maximum absolute atomic E-state index is 5.00. The Morgan fingerprint density at radius 2 is 2.10 bits per heavy atom. The number of rotatable bonds is 7. The zero-order valence-electron chi connectivity index (χ0n) is 12.4. The standard InChI is InChI=1S/C16H22N2OS/c1-12-4-5-14(13(2)10-12)15-11-20-16(18-15)6-7-17-8-9-19-3/h4-5,10-11,17H,6-9H2,1-3H3. The first-order valence-electron chi connectivity index (χ1n) is 6.92. The van der Waals surface area contributed by atoms with Gasteiger partial charge in [-0.25, -0.2) is 4.98 Å². The van der Waals surface area contributed by atoms with Crippen molar-refractivity contribution in [2.75, 3.05) is 26.8 Å². The fourth-order valence-corrected chi connectivity index (χ4v) is 2.94. The zero-order chi connectivity index (χ0) is 14.4. The van der Waals surface area contributed by atoms with Crippen LogP contribution in [0.4, 0.5) is 0 Å². The molecule has 108 valence electrons. The number of hydrogen-bond acceptors (Lipinski definition) is 4. The summed E-state index contributed by atoms with van der Waals surface area (Å²) in [4.78, 5) is 4.74. The Labute approximate surface area is 125 Å². The lowest BCUT2D eigenvalue weighted by molar-refractivity contribution is 0.199. The van der Waals surface area contributed by atoms with E-state index in [1.165, 1.54) is 21.7 Å². The van der Waals surface area contributed by atoms with E-state index in [1.807, 2.05) is 0 Å². The maximum atomic E-state index is 5.00. The quantitative estimate of drug-likeness (QED) is 0.795. The van der Waals surface area contributed by atoms with E-state index in [0.29, 0.717) is 0 Å². The van der Waals surface area contributed by atoms with E-state index < -0.39 is 0 Å². The highest BCUT2D eigenvalue weighted by molar-refractivity contribution is 7.09. The molecule has 3 nitrogen and oxygen atoms in total. The maximum Gasteiger partial charge on any atom is 0.0945 e. The van der Waals surface area contributed by atoms with Crippen LogP contribution in [-0.2, 0) is 11.2 Å². The molecule has 1 aromatic carbocycles. The molecule has 1 N–H and O–H groups in total. The average molecular weight is 290 g/mol.